The predicted octanol–water partition coefficient (Wildman–Crippen LogP) is 4.28. The van der Waals surface area contributed by atoms with Crippen LogP contribution in [-0.4, -0.2) is 25.9 Å². The van der Waals surface area contributed by atoms with E-state index in [1.807, 2.05) is 42.5 Å². The van der Waals surface area contributed by atoms with Crippen molar-refractivity contribution in [1.82, 2.24) is 5.32 Å². The molecule has 0 radical (unpaired) electrons. The fraction of sp³-hybridized carbons (Fsp3) is 0.278. The number of thiocarbonyl (C=S) groups is 1. The lowest BCUT2D eigenvalue weighted by atomic mass is 10.1. The van der Waals surface area contributed by atoms with E-state index < -0.39 is 0 Å². The average Bonchev–Trinajstić information content (AvgIpc) is 2.60. The van der Waals surface area contributed by atoms with Gasteiger partial charge in [0.1, 0.15) is 11.5 Å². The third-order valence-electron chi connectivity index (χ3n) is 3.50. The molecule has 2 N–H and O–H groups in total. The molecule has 0 unspecified atom stereocenters. The Labute approximate surface area is 153 Å². The van der Waals surface area contributed by atoms with E-state index in [2.05, 4.69) is 10.6 Å². The van der Waals surface area contributed by atoms with Crippen LogP contribution in [0, 0.1) is 0 Å². The van der Waals surface area contributed by atoms with Gasteiger partial charge in [-0.25, -0.2) is 0 Å². The molecule has 2 aromatic carbocycles. The van der Waals surface area contributed by atoms with Crippen LogP contribution in [-0.2, 0) is 6.42 Å². The van der Waals surface area contributed by atoms with E-state index in [1.165, 1.54) is 5.56 Å². The molecule has 0 aliphatic heterocycles. The Balaban J connectivity index is 1.78. The molecular formula is C18H21ClN2O2S. The molecule has 0 bridgehead atoms. The highest BCUT2D eigenvalue weighted by molar-refractivity contribution is 7.80. The first-order chi connectivity index (χ1) is 11.6. The van der Waals surface area contributed by atoms with Gasteiger partial charge in [-0.3, -0.25) is 0 Å². The van der Waals surface area contributed by atoms with Crippen molar-refractivity contribution in [2.45, 2.75) is 12.8 Å². The second-order valence-corrected chi connectivity index (χ2v) is 6.02. The zero-order valence-corrected chi connectivity index (χ0v) is 15.3. The first kappa shape index (κ1) is 18.4. The molecule has 0 atom stereocenters. The van der Waals surface area contributed by atoms with Crippen molar-refractivity contribution in [2.24, 2.45) is 0 Å². The van der Waals surface area contributed by atoms with Gasteiger partial charge < -0.3 is 20.1 Å². The van der Waals surface area contributed by atoms with Gasteiger partial charge in [0.15, 0.2) is 5.11 Å². The van der Waals surface area contributed by atoms with E-state index >= 15 is 0 Å². The van der Waals surface area contributed by atoms with E-state index in [0.717, 1.165) is 35.8 Å². The van der Waals surface area contributed by atoms with Gasteiger partial charge in [0, 0.05) is 17.6 Å². The van der Waals surface area contributed by atoms with Gasteiger partial charge in [0.25, 0.3) is 0 Å². The number of aryl methyl sites for hydroxylation is 1. The van der Waals surface area contributed by atoms with Gasteiger partial charge in [0.2, 0.25) is 0 Å². The molecule has 0 spiro atoms. The first-order valence-corrected chi connectivity index (χ1v) is 8.42. The average molecular weight is 365 g/mol. The quantitative estimate of drug-likeness (QED) is 0.567. The maximum Gasteiger partial charge on any atom is 0.170 e. The number of benzene rings is 2. The second kappa shape index (κ2) is 9.35. The van der Waals surface area contributed by atoms with E-state index in [0.29, 0.717) is 10.9 Å². The van der Waals surface area contributed by atoms with E-state index in [4.69, 9.17) is 33.3 Å². The molecule has 2 rings (SSSR count). The lowest BCUT2D eigenvalue weighted by molar-refractivity contribution is 0.395. The zero-order chi connectivity index (χ0) is 17.4. The predicted molar refractivity (Wildman–Crippen MR) is 104 cm³/mol. The third-order valence-corrected chi connectivity index (χ3v) is 4.00. The molecule has 0 aliphatic rings. The number of anilines is 1. The summed E-state index contributed by atoms with van der Waals surface area (Å²) in [6.07, 6.45) is 1.95. The van der Waals surface area contributed by atoms with Crippen molar-refractivity contribution in [3.05, 3.63) is 53.1 Å². The summed E-state index contributed by atoms with van der Waals surface area (Å²) in [5, 5.41) is 7.67. The molecule has 24 heavy (non-hydrogen) atoms. The van der Waals surface area contributed by atoms with Gasteiger partial charge >= 0.3 is 0 Å². The molecule has 0 heterocycles. The highest BCUT2D eigenvalue weighted by Gasteiger charge is 2.06. The van der Waals surface area contributed by atoms with E-state index in [9.17, 15) is 0 Å². The third kappa shape index (κ3) is 5.58. The maximum atomic E-state index is 5.88. The summed E-state index contributed by atoms with van der Waals surface area (Å²) in [4.78, 5) is 0. The van der Waals surface area contributed by atoms with Crippen molar-refractivity contribution in [3.8, 4) is 11.5 Å². The molecule has 0 saturated carbocycles. The summed E-state index contributed by atoms with van der Waals surface area (Å²) in [7, 11) is 3.23. The SMILES string of the molecule is COc1ccc(NC(=S)NCCCc2ccc(Cl)cc2)c(OC)c1. The van der Waals surface area contributed by atoms with Crippen molar-refractivity contribution in [3.63, 3.8) is 0 Å². The van der Waals surface area contributed by atoms with Crippen LogP contribution in [0.5, 0.6) is 11.5 Å². The number of hydrogen-bond donors (Lipinski definition) is 2. The minimum atomic E-state index is 0.564. The fourth-order valence-electron chi connectivity index (χ4n) is 2.21. The number of ether oxygens (including phenoxy) is 2. The molecule has 0 aromatic heterocycles. The Morgan fingerprint density at radius 1 is 1.08 bits per heavy atom. The van der Waals surface area contributed by atoms with Crippen LogP contribution in [0.15, 0.2) is 42.5 Å². The zero-order valence-electron chi connectivity index (χ0n) is 13.8. The number of halogens is 1. The molecule has 2 aromatic rings. The number of rotatable bonds is 7. The summed E-state index contributed by atoms with van der Waals surface area (Å²) in [5.74, 6) is 1.42. The molecular weight excluding hydrogens is 344 g/mol. The van der Waals surface area contributed by atoms with Crippen LogP contribution in [0.4, 0.5) is 5.69 Å². The van der Waals surface area contributed by atoms with E-state index in [-0.39, 0.29) is 0 Å². The highest BCUT2D eigenvalue weighted by atomic mass is 35.5. The first-order valence-electron chi connectivity index (χ1n) is 7.63. The molecule has 0 amide bonds. The van der Waals surface area contributed by atoms with Crippen LogP contribution in [0.2, 0.25) is 5.02 Å². The second-order valence-electron chi connectivity index (χ2n) is 5.18. The summed E-state index contributed by atoms with van der Waals surface area (Å²) in [5.41, 5.74) is 2.06. The Hall–Kier alpha value is -1.98. The van der Waals surface area contributed by atoms with Gasteiger partial charge in [-0.05, 0) is 54.9 Å². The normalized spacial score (nSPS) is 10.1. The molecule has 128 valence electrons. The smallest absolute Gasteiger partial charge is 0.170 e. The lowest BCUT2D eigenvalue weighted by Gasteiger charge is -2.14. The van der Waals surface area contributed by atoms with Crippen molar-refractivity contribution in [1.29, 1.82) is 0 Å². The van der Waals surface area contributed by atoms with Gasteiger partial charge in [0.05, 0.1) is 19.9 Å². The van der Waals surface area contributed by atoms with Crippen LogP contribution >= 0.6 is 23.8 Å². The fourth-order valence-corrected chi connectivity index (χ4v) is 2.55. The molecule has 0 fully saturated rings. The maximum absolute atomic E-state index is 5.88. The van der Waals surface area contributed by atoms with Gasteiger partial charge in [-0.2, -0.15) is 0 Å². The largest absolute Gasteiger partial charge is 0.497 e. The minimum Gasteiger partial charge on any atom is -0.497 e. The van der Waals surface area contributed by atoms with Crippen LogP contribution in [0.1, 0.15) is 12.0 Å². The standard InChI is InChI=1S/C18H21ClN2O2S/c1-22-15-9-10-16(17(12-15)23-2)21-18(24)20-11-3-4-13-5-7-14(19)8-6-13/h5-10,12H,3-4,11H2,1-2H3,(H2,20,21,24). The number of methoxy groups -OCH3 is 2. The van der Waals surface area contributed by atoms with Crippen molar-refractivity contribution < 1.29 is 9.47 Å². The molecule has 6 heteroatoms. The topological polar surface area (TPSA) is 42.5 Å². The van der Waals surface area contributed by atoms with Crippen LogP contribution < -0.4 is 20.1 Å². The van der Waals surface area contributed by atoms with E-state index in [1.54, 1.807) is 14.2 Å². The molecule has 0 saturated heterocycles. The summed E-state index contributed by atoms with van der Waals surface area (Å²) in [6.45, 7) is 0.785. The van der Waals surface area contributed by atoms with Crippen LogP contribution in [0.25, 0.3) is 0 Å². The Morgan fingerprint density at radius 2 is 1.83 bits per heavy atom. The summed E-state index contributed by atoms with van der Waals surface area (Å²) >= 11 is 11.2. The monoisotopic (exact) mass is 364 g/mol. The number of nitrogens with one attached hydrogen (secondary N) is 2. The molecule has 4 nitrogen and oxygen atoms in total. The Kier molecular flexibility index (Phi) is 7.15. The summed E-state index contributed by atoms with van der Waals surface area (Å²) in [6, 6.07) is 13.4. The Morgan fingerprint density at radius 3 is 2.50 bits per heavy atom. The van der Waals surface area contributed by atoms with Gasteiger partial charge in [-0.15, -0.1) is 0 Å². The van der Waals surface area contributed by atoms with Crippen molar-refractivity contribution in [2.75, 3.05) is 26.1 Å². The molecule has 0 aliphatic carbocycles. The lowest BCUT2D eigenvalue weighted by Crippen LogP contribution is -2.29. The number of hydrogen-bond acceptors (Lipinski definition) is 3. The van der Waals surface area contributed by atoms with Gasteiger partial charge in [-0.1, -0.05) is 23.7 Å². The summed E-state index contributed by atoms with van der Waals surface area (Å²) < 4.78 is 10.5. The van der Waals surface area contributed by atoms with Crippen molar-refractivity contribution >= 4 is 34.6 Å². The minimum absolute atomic E-state index is 0.564. The Bertz CT molecular complexity index is 677. The van der Waals surface area contributed by atoms with Crippen LogP contribution in [0.3, 0.4) is 0 Å². The highest BCUT2D eigenvalue weighted by Crippen LogP contribution is 2.28.